The van der Waals surface area contributed by atoms with Crippen LogP contribution in [0.4, 0.5) is 17.1 Å². The fraction of sp³-hybridized carbons (Fsp3) is 0. The Morgan fingerprint density at radius 2 is 0.922 bits per heavy atom. The summed E-state index contributed by atoms with van der Waals surface area (Å²) in [5.41, 5.74) is 10.8. The molecule has 0 spiro atoms. The standard InChI is InChI=1S/C60H36N2OS/c1-2-14-38(15-3-1)61(41-31-33-57-51(35-41)47-20-10-13-25-56(47)64-57)39-27-29-40(30-28-39)62-52-23-11-8-21-48(52)59-53(62)36-55-60(49-22-9-12-24-54(49)63-55)58(59)37-26-32-46-44-18-5-4-16-42(44)43-17-6-7-19-45(43)50(46)34-37/h1-36H. The van der Waals surface area contributed by atoms with Crippen molar-refractivity contribution in [2.45, 2.75) is 0 Å². The van der Waals surface area contributed by atoms with Gasteiger partial charge in [-0.2, -0.15) is 0 Å². The molecule has 14 aromatic rings. The van der Waals surface area contributed by atoms with E-state index < -0.39 is 0 Å². The van der Waals surface area contributed by atoms with Crippen LogP contribution < -0.4 is 4.90 Å². The lowest BCUT2D eigenvalue weighted by molar-refractivity contribution is 0.669. The quantitative estimate of drug-likeness (QED) is 0.161. The number of hydrogen-bond acceptors (Lipinski definition) is 3. The van der Waals surface area contributed by atoms with E-state index in [0.29, 0.717) is 0 Å². The number of fused-ring (bicyclic) bond motifs is 15. The van der Waals surface area contributed by atoms with Crippen LogP contribution in [0.2, 0.25) is 0 Å². The predicted octanol–water partition coefficient (Wildman–Crippen LogP) is 17.6. The van der Waals surface area contributed by atoms with Gasteiger partial charge in [-0.25, -0.2) is 0 Å². The second-order valence-electron chi connectivity index (χ2n) is 16.8. The zero-order chi connectivity index (χ0) is 41.9. The first-order valence-corrected chi connectivity index (χ1v) is 22.6. The summed E-state index contributed by atoms with van der Waals surface area (Å²) >= 11 is 1.85. The summed E-state index contributed by atoms with van der Waals surface area (Å²) in [5, 5.41) is 14.8. The van der Waals surface area contributed by atoms with Gasteiger partial charge in [0.15, 0.2) is 0 Å². The Kier molecular flexibility index (Phi) is 7.56. The Bertz CT molecular complexity index is 4160. The number of anilines is 3. The first kappa shape index (κ1) is 35.4. The zero-order valence-electron chi connectivity index (χ0n) is 34.5. The van der Waals surface area contributed by atoms with Crippen molar-refractivity contribution < 1.29 is 4.42 Å². The molecule has 64 heavy (non-hydrogen) atoms. The normalized spacial score (nSPS) is 12.1. The van der Waals surface area contributed by atoms with Gasteiger partial charge in [0.05, 0.1) is 11.0 Å². The van der Waals surface area contributed by atoms with Gasteiger partial charge in [0.1, 0.15) is 11.2 Å². The molecule has 0 bridgehead atoms. The Labute approximate surface area is 371 Å². The lowest BCUT2D eigenvalue weighted by atomic mass is 9.89. The van der Waals surface area contributed by atoms with Crippen molar-refractivity contribution in [2.24, 2.45) is 0 Å². The van der Waals surface area contributed by atoms with E-state index in [1.54, 1.807) is 0 Å². The summed E-state index contributed by atoms with van der Waals surface area (Å²) in [4.78, 5) is 2.37. The Hall–Kier alpha value is -8.18. The summed E-state index contributed by atoms with van der Waals surface area (Å²) in [6, 6.07) is 79.7. The molecule has 3 heterocycles. The summed E-state index contributed by atoms with van der Waals surface area (Å²) in [7, 11) is 0. The minimum absolute atomic E-state index is 0.874. The van der Waals surface area contributed by atoms with Crippen molar-refractivity contribution in [2.75, 3.05) is 4.90 Å². The minimum atomic E-state index is 0.874. The molecule has 0 atom stereocenters. The maximum atomic E-state index is 6.81. The highest BCUT2D eigenvalue weighted by Gasteiger charge is 2.24. The average Bonchev–Trinajstić information content (AvgIpc) is 4.03. The number of benzene rings is 11. The monoisotopic (exact) mass is 832 g/mol. The van der Waals surface area contributed by atoms with Gasteiger partial charge in [-0.1, -0.05) is 133 Å². The highest BCUT2D eigenvalue weighted by Crippen LogP contribution is 2.48. The molecule has 0 amide bonds. The maximum absolute atomic E-state index is 6.81. The van der Waals surface area contributed by atoms with Gasteiger partial charge >= 0.3 is 0 Å². The molecule has 0 aliphatic heterocycles. The van der Waals surface area contributed by atoms with Crippen LogP contribution in [0.15, 0.2) is 223 Å². The number of aromatic nitrogens is 1. The molecule has 298 valence electrons. The fourth-order valence-electron chi connectivity index (χ4n) is 10.6. The maximum Gasteiger partial charge on any atom is 0.138 e. The van der Waals surface area contributed by atoms with Crippen LogP contribution in [0, 0.1) is 0 Å². The Morgan fingerprint density at radius 1 is 0.344 bits per heavy atom. The topological polar surface area (TPSA) is 21.3 Å². The molecule has 14 rings (SSSR count). The van der Waals surface area contributed by atoms with Crippen molar-refractivity contribution in [3.8, 4) is 16.8 Å². The molecular weight excluding hydrogens is 797 g/mol. The van der Waals surface area contributed by atoms with Crippen molar-refractivity contribution in [1.82, 2.24) is 4.57 Å². The van der Waals surface area contributed by atoms with Gasteiger partial charge in [-0.15, -0.1) is 11.3 Å². The third-order valence-electron chi connectivity index (χ3n) is 13.3. The first-order chi connectivity index (χ1) is 31.7. The number of rotatable bonds is 5. The second-order valence-corrected chi connectivity index (χ2v) is 17.9. The fourth-order valence-corrected chi connectivity index (χ4v) is 11.7. The van der Waals surface area contributed by atoms with Crippen molar-refractivity contribution in [3.05, 3.63) is 218 Å². The largest absolute Gasteiger partial charge is 0.456 e. The third kappa shape index (κ3) is 5.15. The molecule has 11 aromatic carbocycles. The number of para-hydroxylation sites is 3. The molecule has 0 aliphatic carbocycles. The molecule has 3 nitrogen and oxygen atoms in total. The van der Waals surface area contributed by atoms with Crippen LogP contribution in [0.3, 0.4) is 0 Å². The molecular formula is C60H36N2OS. The van der Waals surface area contributed by atoms with Crippen LogP contribution in [-0.4, -0.2) is 4.57 Å². The molecule has 0 N–H and O–H groups in total. The van der Waals surface area contributed by atoms with Crippen LogP contribution in [0.5, 0.6) is 0 Å². The van der Waals surface area contributed by atoms with Gasteiger partial charge in [0.25, 0.3) is 0 Å². The number of nitrogens with zero attached hydrogens (tertiary/aromatic N) is 2. The van der Waals surface area contributed by atoms with Crippen molar-refractivity contribution in [1.29, 1.82) is 0 Å². The van der Waals surface area contributed by atoms with E-state index in [1.807, 2.05) is 11.3 Å². The molecule has 0 aliphatic rings. The SMILES string of the molecule is c1ccc(N(c2ccc(-n3c4ccccc4c4c(-c5ccc6c7ccccc7c7ccccc7c6c5)c5c(cc43)oc3ccccc35)cc2)c2ccc3sc4ccccc4c3c2)cc1. The number of thiophene rings is 1. The summed E-state index contributed by atoms with van der Waals surface area (Å²) in [5.74, 6) is 0. The minimum Gasteiger partial charge on any atom is -0.456 e. The Balaban J connectivity index is 1.01. The molecule has 3 aromatic heterocycles. The molecule has 0 saturated carbocycles. The summed E-state index contributed by atoms with van der Waals surface area (Å²) in [6.45, 7) is 0. The van der Waals surface area contributed by atoms with Crippen LogP contribution >= 0.6 is 11.3 Å². The zero-order valence-corrected chi connectivity index (χ0v) is 35.3. The molecule has 0 unspecified atom stereocenters. The van der Waals surface area contributed by atoms with Crippen LogP contribution in [-0.2, 0) is 0 Å². The smallest absolute Gasteiger partial charge is 0.138 e. The van der Waals surface area contributed by atoms with E-state index in [4.69, 9.17) is 4.42 Å². The van der Waals surface area contributed by atoms with E-state index >= 15 is 0 Å². The van der Waals surface area contributed by atoms with Crippen LogP contribution in [0.25, 0.3) is 113 Å². The van der Waals surface area contributed by atoms with Gasteiger partial charge in [-0.05, 0) is 117 Å². The number of hydrogen-bond donors (Lipinski definition) is 0. The van der Waals surface area contributed by atoms with Crippen molar-refractivity contribution in [3.63, 3.8) is 0 Å². The third-order valence-corrected chi connectivity index (χ3v) is 14.5. The molecule has 0 radical (unpaired) electrons. The lowest BCUT2D eigenvalue weighted by Gasteiger charge is -2.26. The number of furan rings is 1. The Morgan fingerprint density at radius 3 is 1.69 bits per heavy atom. The van der Waals surface area contributed by atoms with E-state index in [1.165, 1.54) is 74.4 Å². The van der Waals surface area contributed by atoms with Gasteiger partial charge in [-0.3, -0.25) is 0 Å². The van der Waals surface area contributed by atoms with E-state index in [0.717, 1.165) is 55.7 Å². The second kappa shape index (κ2) is 13.7. The predicted molar refractivity (Wildman–Crippen MR) is 274 cm³/mol. The first-order valence-electron chi connectivity index (χ1n) is 21.8. The average molecular weight is 833 g/mol. The highest BCUT2D eigenvalue weighted by molar-refractivity contribution is 7.25. The van der Waals surface area contributed by atoms with Crippen LogP contribution in [0.1, 0.15) is 0 Å². The van der Waals surface area contributed by atoms with E-state index in [-0.39, 0.29) is 0 Å². The lowest BCUT2D eigenvalue weighted by Crippen LogP contribution is -2.09. The molecule has 0 fully saturated rings. The van der Waals surface area contributed by atoms with Crippen molar-refractivity contribution >= 4 is 125 Å². The summed E-state index contributed by atoms with van der Waals surface area (Å²) in [6.07, 6.45) is 0. The van der Waals surface area contributed by atoms with E-state index in [9.17, 15) is 0 Å². The van der Waals surface area contributed by atoms with Gasteiger partial charge in [0.2, 0.25) is 0 Å². The molecule has 4 heteroatoms. The highest BCUT2D eigenvalue weighted by atomic mass is 32.1. The van der Waals surface area contributed by atoms with E-state index in [2.05, 4.69) is 228 Å². The van der Waals surface area contributed by atoms with Gasteiger partial charge < -0.3 is 13.9 Å². The molecule has 0 saturated heterocycles. The van der Waals surface area contributed by atoms with Gasteiger partial charge in [0, 0.05) is 76.1 Å². The summed E-state index contributed by atoms with van der Waals surface area (Å²) < 4.78 is 11.8.